The minimum Gasteiger partial charge on any atom is -0.273 e. The predicted octanol–water partition coefficient (Wildman–Crippen LogP) is 1.02. The van der Waals surface area contributed by atoms with Crippen LogP contribution in [-0.2, 0) is 14.6 Å². The summed E-state index contributed by atoms with van der Waals surface area (Å²) in [6, 6.07) is 0. The van der Waals surface area contributed by atoms with Crippen LogP contribution in [0.3, 0.4) is 0 Å². The summed E-state index contributed by atoms with van der Waals surface area (Å²) in [7, 11) is -2.90. The van der Waals surface area contributed by atoms with Gasteiger partial charge in [0.05, 0.1) is 17.2 Å². The third-order valence-electron chi connectivity index (χ3n) is 3.31. The highest BCUT2D eigenvalue weighted by atomic mass is 32.2. The molecular weight excluding hydrogens is 252 g/mol. The first kappa shape index (κ1) is 13.3. The normalized spacial score (nSPS) is 28.4. The summed E-state index contributed by atoms with van der Waals surface area (Å²) < 4.78 is 22.5. The molecule has 5 nitrogen and oxygen atoms in total. The largest absolute Gasteiger partial charge is 0.273 e. The van der Waals surface area contributed by atoms with Crippen molar-refractivity contribution in [3.8, 4) is 0 Å². The van der Waals surface area contributed by atoms with Gasteiger partial charge in [0.25, 0.3) is 0 Å². The van der Waals surface area contributed by atoms with Crippen molar-refractivity contribution in [1.29, 1.82) is 0 Å². The Kier molecular flexibility index (Phi) is 3.85. The van der Waals surface area contributed by atoms with E-state index in [4.69, 9.17) is 0 Å². The van der Waals surface area contributed by atoms with E-state index in [0.29, 0.717) is 6.42 Å². The molecule has 0 aromatic carbocycles. The molecule has 2 rings (SSSR count). The maximum atomic E-state index is 11.6. The van der Waals surface area contributed by atoms with Crippen molar-refractivity contribution in [2.75, 3.05) is 11.5 Å². The third kappa shape index (κ3) is 3.66. The number of nitrogens with one attached hydrogen (secondary N) is 1. The van der Waals surface area contributed by atoms with Crippen LogP contribution in [0.5, 0.6) is 0 Å². The summed E-state index contributed by atoms with van der Waals surface area (Å²) in [5, 5.41) is 4.04. The Labute approximate surface area is 107 Å². The predicted molar refractivity (Wildman–Crippen MR) is 69.9 cm³/mol. The van der Waals surface area contributed by atoms with Gasteiger partial charge in [-0.2, -0.15) is 5.10 Å². The zero-order valence-electron chi connectivity index (χ0n) is 10.5. The van der Waals surface area contributed by atoms with Crippen LogP contribution >= 0.6 is 0 Å². The molecule has 2 aliphatic rings. The molecule has 1 aliphatic heterocycles. The lowest BCUT2D eigenvalue weighted by Gasteiger charge is -2.05. The van der Waals surface area contributed by atoms with Gasteiger partial charge in [-0.25, -0.2) is 13.8 Å². The Hall–Kier alpha value is -1.17. The Morgan fingerprint density at radius 1 is 1.50 bits per heavy atom. The Morgan fingerprint density at radius 2 is 2.28 bits per heavy atom. The molecule has 0 saturated carbocycles. The van der Waals surface area contributed by atoms with Crippen LogP contribution in [0, 0.1) is 5.92 Å². The van der Waals surface area contributed by atoms with Crippen molar-refractivity contribution < 1.29 is 13.2 Å². The van der Waals surface area contributed by atoms with Crippen LogP contribution in [0.2, 0.25) is 0 Å². The molecule has 100 valence electrons. The number of carbonyl (C=O) groups is 1. The molecular formula is C12H18N2O3S. The van der Waals surface area contributed by atoms with Gasteiger partial charge in [-0.1, -0.05) is 5.57 Å². The summed E-state index contributed by atoms with van der Waals surface area (Å²) in [5.74, 6) is 0.107. The fourth-order valence-corrected chi connectivity index (χ4v) is 4.18. The number of nitrogens with zero attached hydrogens (tertiary/aromatic N) is 1. The average Bonchev–Trinajstić information content (AvgIpc) is 2.82. The molecule has 0 unspecified atom stereocenters. The van der Waals surface area contributed by atoms with Gasteiger partial charge in [-0.15, -0.1) is 0 Å². The van der Waals surface area contributed by atoms with Gasteiger partial charge >= 0.3 is 0 Å². The summed E-state index contributed by atoms with van der Waals surface area (Å²) >= 11 is 0. The van der Waals surface area contributed by atoms with E-state index in [-0.39, 0.29) is 29.8 Å². The smallest absolute Gasteiger partial charge is 0.240 e. The second kappa shape index (κ2) is 5.22. The van der Waals surface area contributed by atoms with Gasteiger partial charge in [0.15, 0.2) is 9.84 Å². The number of amides is 1. The van der Waals surface area contributed by atoms with Crippen molar-refractivity contribution >= 4 is 21.5 Å². The second-order valence-corrected chi connectivity index (χ2v) is 7.33. The fourth-order valence-electron chi connectivity index (χ4n) is 2.32. The molecule has 0 bridgehead atoms. The lowest BCUT2D eigenvalue weighted by Crippen LogP contribution is -2.22. The lowest BCUT2D eigenvalue weighted by atomic mass is 10.1. The zero-order valence-corrected chi connectivity index (χ0v) is 11.3. The van der Waals surface area contributed by atoms with Gasteiger partial charge < -0.3 is 0 Å². The number of hydrogen-bond donors (Lipinski definition) is 1. The molecule has 0 aromatic rings. The number of rotatable bonds is 3. The molecule has 1 amide bonds. The fraction of sp³-hybridized carbons (Fsp3) is 0.667. The van der Waals surface area contributed by atoms with E-state index in [1.165, 1.54) is 5.57 Å². The van der Waals surface area contributed by atoms with Gasteiger partial charge in [0.1, 0.15) is 0 Å². The number of carbonyl (C=O) groups excluding carboxylic acids is 1. The minimum atomic E-state index is -2.90. The average molecular weight is 270 g/mol. The maximum absolute atomic E-state index is 11.6. The van der Waals surface area contributed by atoms with Crippen molar-refractivity contribution in [2.24, 2.45) is 11.0 Å². The highest BCUT2D eigenvalue weighted by Crippen LogP contribution is 2.21. The van der Waals surface area contributed by atoms with E-state index in [1.807, 2.05) is 13.0 Å². The summed E-state index contributed by atoms with van der Waals surface area (Å²) in [6.45, 7) is 2.04. The van der Waals surface area contributed by atoms with Crippen molar-refractivity contribution in [2.45, 2.75) is 32.6 Å². The SMILES string of the molecule is CC1=C/C(=N/NC(=O)C[C@H]2CCS(=O)(=O)C2)CC1. The van der Waals surface area contributed by atoms with Gasteiger partial charge in [0, 0.05) is 6.42 Å². The van der Waals surface area contributed by atoms with E-state index in [9.17, 15) is 13.2 Å². The second-order valence-electron chi connectivity index (χ2n) is 5.10. The molecule has 18 heavy (non-hydrogen) atoms. The first-order valence-electron chi connectivity index (χ1n) is 6.17. The highest BCUT2D eigenvalue weighted by Gasteiger charge is 2.29. The van der Waals surface area contributed by atoms with Crippen LogP contribution in [0.4, 0.5) is 0 Å². The van der Waals surface area contributed by atoms with Gasteiger partial charge in [-0.3, -0.25) is 4.79 Å². The van der Waals surface area contributed by atoms with E-state index in [0.717, 1.165) is 18.6 Å². The van der Waals surface area contributed by atoms with Gasteiger partial charge in [0.2, 0.25) is 5.91 Å². The molecule has 0 radical (unpaired) electrons. The molecule has 1 fully saturated rings. The molecule has 1 heterocycles. The highest BCUT2D eigenvalue weighted by molar-refractivity contribution is 7.91. The Bertz CT molecular complexity index is 505. The van der Waals surface area contributed by atoms with E-state index in [2.05, 4.69) is 10.5 Å². The van der Waals surface area contributed by atoms with E-state index in [1.54, 1.807) is 0 Å². The molecule has 0 aromatic heterocycles. The van der Waals surface area contributed by atoms with Crippen molar-refractivity contribution in [3.05, 3.63) is 11.6 Å². The van der Waals surface area contributed by atoms with Crippen molar-refractivity contribution in [3.63, 3.8) is 0 Å². The van der Waals surface area contributed by atoms with Crippen LogP contribution in [-0.4, -0.2) is 31.5 Å². The number of hydrazone groups is 1. The molecule has 1 saturated heterocycles. The number of hydrogen-bond acceptors (Lipinski definition) is 4. The molecule has 0 spiro atoms. The third-order valence-corrected chi connectivity index (χ3v) is 5.15. The van der Waals surface area contributed by atoms with Crippen LogP contribution < -0.4 is 5.43 Å². The van der Waals surface area contributed by atoms with E-state index >= 15 is 0 Å². The van der Waals surface area contributed by atoms with Crippen LogP contribution in [0.1, 0.15) is 32.6 Å². The van der Waals surface area contributed by atoms with Crippen molar-refractivity contribution in [1.82, 2.24) is 5.43 Å². The number of allylic oxidation sites excluding steroid dienone is 2. The first-order valence-corrected chi connectivity index (χ1v) is 8.00. The topological polar surface area (TPSA) is 75.6 Å². The maximum Gasteiger partial charge on any atom is 0.240 e. The minimum absolute atomic E-state index is 0.0453. The molecule has 1 aliphatic carbocycles. The quantitative estimate of drug-likeness (QED) is 0.778. The van der Waals surface area contributed by atoms with E-state index < -0.39 is 9.84 Å². The first-order chi connectivity index (χ1) is 8.44. The van der Waals surface area contributed by atoms with Gasteiger partial charge in [-0.05, 0) is 38.2 Å². The zero-order chi connectivity index (χ0) is 13.2. The summed E-state index contributed by atoms with van der Waals surface area (Å²) in [4.78, 5) is 11.6. The van der Waals surface area contributed by atoms with Crippen LogP contribution in [0.25, 0.3) is 0 Å². The molecule has 6 heteroatoms. The Morgan fingerprint density at radius 3 is 2.83 bits per heavy atom. The lowest BCUT2D eigenvalue weighted by molar-refractivity contribution is -0.121. The number of sulfone groups is 1. The Balaban J connectivity index is 1.80. The monoisotopic (exact) mass is 270 g/mol. The summed E-state index contributed by atoms with van der Waals surface area (Å²) in [6.07, 6.45) is 4.67. The standard InChI is InChI=1S/C12H18N2O3S/c1-9-2-3-11(6-9)13-14-12(15)7-10-4-5-18(16,17)8-10/h6,10H,2-5,7-8H2,1H3,(H,14,15)/b13-11+/t10-/m1/s1. The molecule has 1 atom stereocenters. The van der Waals surface area contributed by atoms with Crippen LogP contribution in [0.15, 0.2) is 16.8 Å². The molecule has 1 N–H and O–H groups in total. The summed E-state index contributed by atoms with van der Waals surface area (Å²) in [5.41, 5.74) is 4.67.